The summed E-state index contributed by atoms with van der Waals surface area (Å²) in [7, 11) is 0. The maximum absolute atomic E-state index is 13.0. The van der Waals surface area contributed by atoms with E-state index in [4.69, 9.17) is 4.74 Å². The third-order valence-corrected chi connectivity index (χ3v) is 7.62. The second-order valence-electron chi connectivity index (χ2n) is 10.3. The molecular formula is C29H49N3O5S. The first-order chi connectivity index (χ1) is 18.0. The van der Waals surface area contributed by atoms with Gasteiger partial charge < -0.3 is 25.4 Å². The van der Waals surface area contributed by atoms with E-state index in [0.717, 1.165) is 25.7 Å². The average Bonchev–Trinajstić information content (AvgIpc) is 2.88. The fraction of sp³-hybridized carbons (Fsp3) is 0.690. The van der Waals surface area contributed by atoms with Gasteiger partial charge in [-0.3, -0.25) is 4.79 Å². The van der Waals surface area contributed by atoms with Gasteiger partial charge in [0.15, 0.2) is 0 Å². The van der Waals surface area contributed by atoms with Crippen LogP contribution in [0.25, 0.3) is 0 Å². The number of ether oxygens (including phenoxy) is 1. The van der Waals surface area contributed by atoms with E-state index in [1.54, 1.807) is 4.90 Å². The molecule has 1 aliphatic rings. The fourth-order valence-corrected chi connectivity index (χ4v) is 4.85. The summed E-state index contributed by atoms with van der Waals surface area (Å²) in [5, 5.41) is 15.1. The van der Waals surface area contributed by atoms with Crippen molar-refractivity contribution in [3.63, 3.8) is 0 Å². The second kappa shape index (κ2) is 18.9. The van der Waals surface area contributed by atoms with E-state index in [0.29, 0.717) is 38.5 Å². The van der Waals surface area contributed by atoms with Crippen molar-refractivity contribution in [1.82, 2.24) is 15.5 Å². The number of carboxylic acids is 1. The van der Waals surface area contributed by atoms with Crippen LogP contribution >= 0.6 is 11.8 Å². The number of nitrogens with zero attached hydrogens (tertiary/aromatic N) is 1. The summed E-state index contributed by atoms with van der Waals surface area (Å²) < 4.78 is 5.28. The van der Waals surface area contributed by atoms with Gasteiger partial charge in [0, 0.05) is 24.6 Å². The van der Waals surface area contributed by atoms with Crippen LogP contribution in [0.3, 0.4) is 0 Å². The molecule has 1 aliphatic heterocycles. The van der Waals surface area contributed by atoms with Gasteiger partial charge in [-0.1, -0.05) is 55.2 Å². The average molecular weight is 552 g/mol. The highest BCUT2D eigenvalue weighted by Crippen LogP contribution is 2.14. The van der Waals surface area contributed by atoms with E-state index in [1.807, 2.05) is 13.8 Å². The van der Waals surface area contributed by atoms with Crippen LogP contribution in [0.2, 0.25) is 0 Å². The van der Waals surface area contributed by atoms with Gasteiger partial charge in [-0.15, -0.1) is 0 Å². The lowest BCUT2D eigenvalue weighted by Gasteiger charge is -2.31. The maximum atomic E-state index is 13.0. The van der Waals surface area contributed by atoms with Gasteiger partial charge >= 0.3 is 12.0 Å². The Bertz CT molecular complexity index is 845. The van der Waals surface area contributed by atoms with Crippen molar-refractivity contribution in [3.05, 3.63) is 34.9 Å². The number of carbonyl (C=O) groups excluding carboxylic acids is 2. The molecule has 0 unspecified atom stereocenters. The fourth-order valence-electron chi connectivity index (χ4n) is 3.85. The minimum Gasteiger partial charge on any atom is -0.480 e. The van der Waals surface area contributed by atoms with Crippen LogP contribution in [0.4, 0.5) is 4.79 Å². The number of aliphatic carboxylic acids is 1. The summed E-state index contributed by atoms with van der Waals surface area (Å²) in [4.78, 5) is 39.2. The lowest BCUT2D eigenvalue weighted by atomic mass is 9.98. The van der Waals surface area contributed by atoms with Crippen molar-refractivity contribution < 1.29 is 24.2 Å². The van der Waals surface area contributed by atoms with Crippen LogP contribution in [-0.4, -0.2) is 77.8 Å². The van der Waals surface area contributed by atoms with E-state index >= 15 is 0 Å². The maximum Gasteiger partial charge on any atom is 0.327 e. The van der Waals surface area contributed by atoms with Crippen LogP contribution in [-0.2, 0) is 14.3 Å². The summed E-state index contributed by atoms with van der Waals surface area (Å²) in [6, 6.07) is -2.16. The number of hydrogen-bond acceptors (Lipinski definition) is 5. The topological polar surface area (TPSA) is 108 Å². The SMILES string of the molecule is CC[C@H](C)[C@H](NC(=O)N1CCOCC1)C(=O)N[C@@H](CSCC=C(C)CCC=C(C)CCC=C(C)C)C(=O)O. The molecule has 0 aromatic heterocycles. The summed E-state index contributed by atoms with van der Waals surface area (Å²) in [5.74, 6) is -0.761. The number of amides is 3. The zero-order valence-corrected chi connectivity index (χ0v) is 25.0. The molecule has 0 spiro atoms. The largest absolute Gasteiger partial charge is 0.480 e. The zero-order chi connectivity index (χ0) is 28.5. The van der Waals surface area contributed by atoms with E-state index < -0.39 is 24.0 Å². The van der Waals surface area contributed by atoms with Crippen molar-refractivity contribution in [3.8, 4) is 0 Å². The Morgan fingerprint density at radius 2 is 1.58 bits per heavy atom. The number of carboxylic acid groups (broad SMARTS) is 1. The Kier molecular flexibility index (Phi) is 16.8. The molecule has 1 fully saturated rings. The molecule has 0 bridgehead atoms. The summed E-state index contributed by atoms with van der Waals surface area (Å²) in [5.41, 5.74) is 4.02. The van der Waals surface area contributed by atoms with E-state index in [1.165, 1.54) is 28.5 Å². The summed E-state index contributed by atoms with van der Waals surface area (Å²) in [6.07, 6.45) is 11.5. The minimum absolute atomic E-state index is 0.141. The van der Waals surface area contributed by atoms with Gasteiger partial charge in [0.05, 0.1) is 13.2 Å². The van der Waals surface area contributed by atoms with Gasteiger partial charge in [0.1, 0.15) is 12.1 Å². The van der Waals surface area contributed by atoms with Crippen LogP contribution in [0, 0.1) is 5.92 Å². The normalized spacial score (nSPS) is 16.8. The highest BCUT2D eigenvalue weighted by atomic mass is 32.2. The molecule has 216 valence electrons. The highest BCUT2D eigenvalue weighted by Gasteiger charge is 2.31. The second-order valence-corrected chi connectivity index (χ2v) is 11.4. The molecule has 3 atom stereocenters. The van der Waals surface area contributed by atoms with Gasteiger partial charge in [0.2, 0.25) is 5.91 Å². The molecule has 0 radical (unpaired) electrons. The Hall–Kier alpha value is -2.26. The first-order valence-corrected chi connectivity index (χ1v) is 14.9. The van der Waals surface area contributed by atoms with Gasteiger partial charge in [0.25, 0.3) is 0 Å². The van der Waals surface area contributed by atoms with Gasteiger partial charge in [-0.25, -0.2) is 9.59 Å². The van der Waals surface area contributed by atoms with Gasteiger partial charge in [-0.05, 0) is 59.3 Å². The Morgan fingerprint density at radius 3 is 2.16 bits per heavy atom. The molecule has 9 heteroatoms. The molecule has 0 saturated carbocycles. The van der Waals surface area contributed by atoms with Crippen molar-refractivity contribution in [1.29, 1.82) is 0 Å². The lowest BCUT2D eigenvalue weighted by Crippen LogP contribution is -2.57. The standard InChI is InChI=1S/C29H49N3O5S/c1-7-24(6)26(31-29(36)32-15-17-37-18-16-32)27(33)30-25(28(34)35)20-38-19-14-23(5)13-9-12-22(4)11-8-10-21(2)3/h10,12,14,24-26H,7-9,11,13,15-20H2,1-6H3,(H,30,33)(H,31,36)(H,34,35)/t24-,25-,26-/m0/s1. The predicted octanol–water partition coefficient (Wildman–Crippen LogP) is 5.16. The number of carbonyl (C=O) groups is 3. The van der Waals surface area contributed by atoms with Gasteiger partial charge in [-0.2, -0.15) is 11.8 Å². The van der Waals surface area contributed by atoms with Crippen LogP contribution in [0.1, 0.15) is 73.6 Å². The summed E-state index contributed by atoms with van der Waals surface area (Å²) >= 11 is 1.47. The molecule has 0 aromatic carbocycles. The Morgan fingerprint density at radius 1 is 0.974 bits per heavy atom. The molecular weight excluding hydrogens is 502 g/mol. The zero-order valence-electron chi connectivity index (χ0n) is 24.2. The Labute approximate surface area is 233 Å². The molecule has 0 aromatic rings. The Balaban J connectivity index is 2.55. The molecule has 0 aliphatic carbocycles. The van der Waals surface area contributed by atoms with Crippen molar-refractivity contribution in [2.75, 3.05) is 37.8 Å². The first-order valence-electron chi connectivity index (χ1n) is 13.7. The van der Waals surface area contributed by atoms with E-state index in [-0.39, 0.29) is 17.7 Å². The van der Waals surface area contributed by atoms with Crippen LogP contribution < -0.4 is 10.6 Å². The first kappa shape index (κ1) is 33.8. The van der Waals surface area contributed by atoms with Crippen molar-refractivity contribution in [2.24, 2.45) is 5.92 Å². The molecule has 3 amide bonds. The third-order valence-electron chi connectivity index (χ3n) is 6.64. The predicted molar refractivity (Wildman–Crippen MR) is 156 cm³/mol. The number of allylic oxidation sites excluding steroid dienone is 5. The number of thioether (sulfide) groups is 1. The molecule has 3 N–H and O–H groups in total. The number of urea groups is 1. The molecule has 1 heterocycles. The monoisotopic (exact) mass is 551 g/mol. The minimum atomic E-state index is -1.08. The molecule has 38 heavy (non-hydrogen) atoms. The van der Waals surface area contributed by atoms with Crippen LogP contribution in [0.15, 0.2) is 34.9 Å². The smallest absolute Gasteiger partial charge is 0.327 e. The number of nitrogens with one attached hydrogen (secondary N) is 2. The number of rotatable bonds is 16. The molecule has 1 saturated heterocycles. The molecule has 8 nitrogen and oxygen atoms in total. The number of morpholine rings is 1. The van der Waals surface area contributed by atoms with Crippen LogP contribution in [0.5, 0.6) is 0 Å². The summed E-state index contributed by atoms with van der Waals surface area (Å²) in [6.45, 7) is 14.2. The quantitative estimate of drug-likeness (QED) is 0.181. The lowest BCUT2D eigenvalue weighted by molar-refractivity contribution is -0.141. The number of hydrogen-bond donors (Lipinski definition) is 3. The highest BCUT2D eigenvalue weighted by molar-refractivity contribution is 7.99. The third kappa shape index (κ3) is 14.0. The molecule has 1 rings (SSSR count). The van der Waals surface area contributed by atoms with E-state index in [9.17, 15) is 19.5 Å². The van der Waals surface area contributed by atoms with Crippen molar-refractivity contribution in [2.45, 2.75) is 85.7 Å². The van der Waals surface area contributed by atoms with Crippen molar-refractivity contribution >= 4 is 29.7 Å². The van der Waals surface area contributed by atoms with E-state index in [2.05, 4.69) is 56.6 Å².